The summed E-state index contributed by atoms with van der Waals surface area (Å²) in [6.07, 6.45) is 0.460. The van der Waals surface area contributed by atoms with Crippen molar-refractivity contribution < 1.29 is 9.90 Å². The average Bonchev–Trinajstić information content (AvgIpc) is 2.68. The summed E-state index contributed by atoms with van der Waals surface area (Å²) in [5.41, 5.74) is 7.64. The Morgan fingerprint density at radius 1 is 1.59 bits per heavy atom. The fourth-order valence-corrected chi connectivity index (χ4v) is 2.17. The number of hydrogen-bond acceptors (Lipinski definition) is 3. The zero-order valence-corrected chi connectivity index (χ0v) is 10.6. The minimum absolute atomic E-state index is 0.0587. The van der Waals surface area contributed by atoms with Crippen LogP contribution in [-0.4, -0.2) is 21.3 Å². The Balaban J connectivity index is 2.31. The number of carboxylic acid groups (broad SMARTS) is 1. The van der Waals surface area contributed by atoms with E-state index in [0.29, 0.717) is 6.42 Å². The number of carbonyl (C=O) groups is 1. The van der Waals surface area contributed by atoms with Gasteiger partial charge in [-0.15, -0.1) is 0 Å². The first-order valence-corrected chi connectivity index (χ1v) is 5.98. The number of hydrogen-bond donors (Lipinski definition) is 3. The van der Waals surface area contributed by atoms with Gasteiger partial charge in [-0.05, 0) is 27.9 Å². The van der Waals surface area contributed by atoms with Gasteiger partial charge in [-0.2, -0.15) is 5.10 Å². The maximum Gasteiger partial charge on any atom is 0.303 e. The number of H-pyrrole nitrogens is 1. The van der Waals surface area contributed by atoms with E-state index in [0.717, 1.165) is 21.1 Å². The molecule has 17 heavy (non-hydrogen) atoms. The van der Waals surface area contributed by atoms with Gasteiger partial charge in [0.2, 0.25) is 0 Å². The molecule has 0 bridgehead atoms. The number of aromatic amines is 1. The molecule has 0 spiro atoms. The van der Waals surface area contributed by atoms with Crippen LogP contribution in [0.5, 0.6) is 0 Å². The van der Waals surface area contributed by atoms with Gasteiger partial charge in [0.05, 0.1) is 5.52 Å². The standard InChI is InChI=1S/C11H12BrN3O2/c12-11-7-3-1-2-6(10(7)14-15-11)8(13)4-5-9(16)17/h1-3,8H,4-5,13H2,(H,14,15)(H,16,17). The quantitative estimate of drug-likeness (QED) is 0.806. The number of carboxylic acids is 1. The lowest BCUT2D eigenvalue weighted by molar-refractivity contribution is -0.137. The second-order valence-electron chi connectivity index (χ2n) is 3.82. The molecule has 0 aliphatic heterocycles. The van der Waals surface area contributed by atoms with Crippen LogP contribution in [0.2, 0.25) is 0 Å². The second-order valence-corrected chi connectivity index (χ2v) is 4.61. The van der Waals surface area contributed by atoms with Crippen LogP contribution < -0.4 is 5.73 Å². The number of aliphatic carboxylic acids is 1. The number of para-hydroxylation sites is 1. The van der Waals surface area contributed by atoms with Gasteiger partial charge >= 0.3 is 5.97 Å². The van der Waals surface area contributed by atoms with Crippen molar-refractivity contribution in [2.24, 2.45) is 5.73 Å². The highest BCUT2D eigenvalue weighted by Gasteiger charge is 2.14. The summed E-state index contributed by atoms with van der Waals surface area (Å²) in [6, 6.07) is 5.38. The van der Waals surface area contributed by atoms with Crippen LogP contribution in [-0.2, 0) is 4.79 Å². The minimum atomic E-state index is -0.837. The van der Waals surface area contributed by atoms with Crippen molar-refractivity contribution in [1.29, 1.82) is 0 Å². The third-order valence-corrected chi connectivity index (χ3v) is 3.24. The molecule has 4 N–H and O–H groups in total. The smallest absolute Gasteiger partial charge is 0.303 e. The van der Waals surface area contributed by atoms with Gasteiger partial charge in [0, 0.05) is 17.8 Å². The van der Waals surface area contributed by atoms with Crippen LogP contribution >= 0.6 is 15.9 Å². The summed E-state index contributed by atoms with van der Waals surface area (Å²) >= 11 is 3.36. The Morgan fingerprint density at radius 2 is 2.35 bits per heavy atom. The number of nitrogens with two attached hydrogens (primary N) is 1. The highest BCUT2D eigenvalue weighted by molar-refractivity contribution is 9.10. The predicted octanol–water partition coefficient (Wildman–Crippen LogP) is 2.19. The first-order valence-electron chi connectivity index (χ1n) is 5.19. The molecule has 0 amide bonds. The van der Waals surface area contributed by atoms with E-state index in [-0.39, 0.29) is 12.5 Å². The molecule has 0 radical (unpaired) electrons. The van der Waals surface area contributed by atoms with Crippen molar-refractivity contribution in [2.45, 2.75) is 18.9 Å². The zero-order chi connectivity index (χ0) is 12.4. The summed E-state index contributed by atoms with van der Waals surface area (Å²) in [6.45, 7) is 0. The topological polar surface area (TPSA) is 92.0 Å². The lowest BCUT2D eigenvalue weighted by atomic mass is 10.0. The molecule has 90 valence electrons. The summed E-state index contributed by atoms with van der Waals surface area (Å²) < 4.78 is 0.805. The fourth-order valence-electron chi connectivity index (χ4n) is 1.76. The third-order valence-electron chi connectivity index (χ3n) is 2.64. The summed E-state index contributed by atoms with van der Waals surface area (Å²) in [4.78, 5) is 10.5. The third kappa shape index (κ3) is 2.48. The van der Waals surface area contributed by atoms with E-state index in [1.807, 2.05) is 18.2 Å². The van der Waals surface area contributed by atoms with Crippen LogP contribution in [0, 0.1) is 0 Å². The molecule has 5 nitrogen and oxygen atoms in total. The Labute approximate surface area is 106 Å². The number of nitrogens with zero attached hydrogens (tertiary/aromatic N) is 1. The van der Waals surface area contributed by atoms with Gasteiger partial charge in [0.1, 0.15) is 4.60 Å². The molecule has 1 aromatic carbocycles. The zero-order valence-electron chi connectivity index (χ0n) is 8.98. The molecule has 0 saturated heterocycles. The van der Waals surface area contributed by atoms with Crippen molar-refractivity contribution in [3.63, 3.8) is 0 Å². The number of aromatic nitrogens is 2. The summed E-state index contributed by atoms with van der Waals surface area (Å²) in [5, 5.41) is 16.6. The first-order chi connectivity index (χ1) is 8.09. The van der Waals surface area contributed by atoms with Crippen molar-refractivity contribution in [2.75, 3.05) is 0 Å². The Bertz CT molecular complexity index is 553. The molecular weight excluding hydrogens is 286 g/mol. The summed E-state index contributed by atoms with van der Waals surface area (Å²) in [7, 11) is 0. The lowest BCUT2D eigenvalue weighted by Crippen LogP contribution is -2.12. The van der Waals surface area contributed by atoms with Gasteiger partial charge in [0.25, 0.3) is 0 Å². The molecule has 1 atom stereocenters. The van der Waals surface area contributed by atoms with E-state index in [1.54, 1.807) is 0 Å². The van der Waals surface area contributed by atoms with E-state index in [4.69, 9.17) is 10.8 Å². The SMILES string of the molecule is NC(CCC(=O)O)c1cccc2c(Br)[nH]nc12. The largest absolute Gasteiger partial charge is 0.481 e. The molecule has 2 rings (SSSR count). The van der Waals surface area contributed by atoms with Gasteiger partial charge in [0.15, 0.2) is 0 Å². The van der Waals surface area contributed by atoms with Crippen molar-refractivity contribution in [3.05, 3.63) is 28.4 Å². The van der Waals surface area contributed by atoms with Gasteiger partial charge in [-0.25, -0.2) is 0 Å². The number of nitrogens with one attached hydrogen (secondary N) is 1. The minimum Gasteiger partial charge on any atom is -0.481 e. The van der Waals surface area contributed by atoms with Crippen LogP contribution in [0.25, 0.3) is 10.9 Å². The molecule has 1 unspecified atom stereocenters. The van der Waals surface area contributed by atoms with Crippen molar-refractivity contribution in [1.82, 2.24) is 10.2 Å². The number of fused-ring (bicyclic) bond motifs is 1. The highest BCUT2D eigenvalue weighted by atomic mass is 79.9. The van der Waals surface area contributed by atoms with Crippen molar-refractivity contribution >= 4 is 32.8 Å². The van der Waals surface area contributed by atoms with Gasteiger partial charge in [-0.1, -0.05) is 18.2 Å². The Morgan fingerprint density at radius 3 is 3.06 bits per heavy atom. The van der Waals surface area contributed by atoms with E-state index < -0.39 is 5.97 Å². The molecule has 1 heterocycles. The van der Waals surface area contributed by atoms with Crippen LogP contribution in [0.1, 0.15) is 24.4 Å². The first kappa shape index (κ1) is 12.1. The van der Waals surface area contributed by atoms with E-state index >= 15 is 0 Å². The van der Waals surface area contributed by atoms with E-state index in [1.165, 1.54) is 0 Å². The van der Waals surface area contributed by atoms with E-state index in [2.05, 4.69) is 26.1 Å². The number of rotatable bonds is 4. The number of benzene rings is 1. The maximum atomic E-state index is 10.5. The normalized spacial score (nSPS) is 12.8. The van der Waals surface area contributed by atoms with Gasteiger partial charge < -0.3 is 10.8 Å². The summed E-state index contributed by atoms with van der Waals surface area (Å²) in [5.74, 6) is -0.837. The second kappa shape index (κ2) is 4.85. The molecule has 0 aliphatic carbocycles. The van der Waals surface area contributed by atoms with Crippen molar-refractivity contribution in [3.8, 4) is 0 Å². The predicted molar refractivity (Wildman–Crippen MR) is 67.6 cm³/mol. The molecule has 2 aromatic rings. The van der Waals surface area contributed by atoms with Crippen LogP contribution in [0.3, 0.4) is 0 Å². The maximum absolute atomic E-state index is 10.5. The Hall–Kier alpha value is -1.40. The molecule has 0 aliphatic rings. The monoisotopic (exact) mass is 297 g/mol. The highest BCUT2D eigenvalue weighted by Crippen LogP contribution is 2.28. The Kier molecular flexibility index (Phi) is 3.44. The molecule has 0 saturated carbocycles. The van der Waals surface area contributed by atoms with E-state index in [9.17, 15) is 4.79 Å². The van der Waals surface area contributed by atoms with Gasteiger partial charge in [-0.3, -0.25) is 9.89 Å². The number of halogens is 1. The molecule has 1 aromatic heterocycles. The van der Waals surface area contributed by atoms with Crippen LogP contribution in [0.4, 0.5) is 0 Å². The lowest BCUT2D eigenvalue weighted by Gasteiger charge is -2.10. The molecular formula is C11H12BrN3O2. The molecule has 0 fully saturated rings. The van der Waals surface area contributed by atoms with Crippen LogP contribution in [0.15, 0.2) is 22.8 Å². The molecule has 6 heteroatoms. The average molecular weight is 298 g/mol. The fraction of sp³-hybridized carbons (Fsp3) is 0.273.